The van der Waals surface area contributed by atoms with Gasteiger partial charge in [-0.1, -0.05) is 12.1 Å². The van der Waals surface area contributed by atoms with Crippen LogP contribution in [0, 0.1) is 6.92 Å². The Bertz CT molecular complexity index is 339. The summed E-state index contributed by atoms with van der Waals surface area (Å²) in [4.78, 5) is 0. The van der Waals surface area contributed by atoms with Gasteiger partial charge in [0.1, 0.15) is 12.5 Å². The fourth-order valence-corrected chi connectivity index (χ4v) is 1.80. The number of aliphatic hydroxyl groups is 2. The zero-order valence-corrected chi connectivity index (χ0v) is 9.57. The lowest BCUT2D eigenvalue weighted by Crippen LogP contribution is -2.11. The van der Waals surface area contributed by atoms with Crippen molar-refractivity contribution in [1.29, 1.82) is 0 Å². The highest BCUT2D eigenvalue weighted by Gasteiger charge is 2.09. The third kappa shape index (κ3) is 3.20. The second kappa shape index (κ2) is 6.48. The monoisotopic (exact) mass is 225 g/mol. The van der Waals surface area contributed by atoms with Crippen LogP contribution in [0.25, 0.3) is 0 Å². The lowest BCUT2D eigenvalue weighted by atomic mass is 10.0. The summed E-state index contributed by atoms with van der Waals surface area (Å²) in [7, 11) is 0. The van der Waals surface area contributed by atoms with E-state index in [0.29, 0.717) is 12.8 Å². The Labute approximate surface area is 95.7 Å². The van der Waals surface area contributed by atoms with Gasteiger partial charge in [-0.2, -0.15) is 0 Å². The average molecular weight is 225 g/mol. The first kappa shape index (κ1) is 13.0. The predicted octanol–water partition coefficient (Wildman–Crippen LogP) is 0.360. The first-order valence-corrected chi connectivity index (χ1v) is 5.40. The number of hydrogen-bond donors (Lipinski definition) is 3. The summed E-state index contributed by atoms with van der Waals surface area (Å²) in [5.41, 5.74) is 8.34. The molecule has 0 aliphatic rings. The van der Waals surface area contributed by atoms with E-state index in [4.69, 9.17) is 20.7 Å². The average Bonchev–Trinajstić information content (AvgIpc) is 2.24. The lowest BCUT2D eigenvalue weighted by molar-refractivity contribution is 0.289. The molecule has 0 radical (unpaired) electrons. The van der Waals surface area contributed by atoms with Gasteiger partial charge in [-0.3, -0.25) is 5.73 Å². The highest BCUT2D eigenvalue weighted by atomic mass is 16.5. The van der Waals surface area contributed by atoms with Gasteiger partial charge in [0.05, 0.1) is 0 Å². The fourth-order valence-electron chi connectivity index (χ4n) is 1.80. The van der Waals surface area contributed by atoms with E-state index in [1.165, 1.54) is 0 Å². The molecule has 1 aromatic rings. The van der Waals surface area contributed by atoms with E-state index >= 15 is 0 Å². The number of hydrogen-bond acceptors (Lipinski definition) is 4. The fraction of sp³-hybridized carbons (Fsp3) is 0.500. The maximum absolute atomic E-state index is 8.99. The molecule has 0 fully saturated rings. The molecular formula is C12H19NO3. The molecule has 0 atom stereocenters. The van der Waals surface area contributed by atoms with Gasteiger partial charge >= 0.3 is 0 Å². The molecule has 0 saturated carbocycles. The van der Waals surface area contributed by atoms with Crippen LogP contribution in [-0.2, 0) is 12.8 Å². The smallest absolute Gasteiger partial charge is 0.137 e. The van der Waals surface area contributed by atoms with Crippen LogP contribution in [0.2, 0.25) is 0 Å². The van der Waals surface area contributed by atoms with Crippen LogP contribution >= 0.6 is 0 Å². The zero-order valence-electron chi connectivity index (χ0n) is 9.57. The molecule has 1 aromatic carbocycles. The highest BCUT2D eigenvalue weighted by molar-refractivity contribution is 5.44. The van der Waals surface area contributed by atoms with E-state index < -0.39 is 0 Å². The number of aryl methyl sites for hydroxylation is 1. The third-order valence-electron chi connectivity index (χ3n) is 2.42. The molecule has 0 amide bonds. The van der Waals surface area contributed by atoms with Crippen molar-refractivity contribution in [3.63, 3.8) is 0 Å². The van der Waals surface area contributed by atoms with Gasteiger partial charge in [0.15, 0.2) is 0 Å². The zero-order chi connectivity index (χ0) is 12.0. The summed E-state index contributed by atoms with van der Waals surface area (Å²) in [5.74, 6) is 0.748. The van der Waals surface area contributed by atoms with Gasteiger partial charge in [0, 0.05) is 13.2 Å². The Morgan fingerprint density at radius 2 is 1.88 bits per heavy atom. The quantitative estimate of drug-likeness (QED) is 0.611. The molecule has 4 nitrogen and oxygen atoms in total. The number of rotatable bonds is 6. The summed E-state index contributed by atoms with van der Waals surface area (Å²) in [6.45, 7) is 2.25. The molecule has 0 unspecified atom stereocenters. The Hall–Kier alpha value is -1.10. The first-order chi connectivity index (χ1) is 7.72. The van der Waals surface area contributed by atoms with Gasteiger partial charge in [-0.05, 0) is 36.5 Å². The first-order valence-electron chi connectivity index (χ1n) is 5.40. The van der Waals surface area contributed by atoms with Gasteiger partial charge in [-0.25, -0.2) is 0 Å². The summed E-state index contributed by atoms with van der Waals surface area (Å²) >= 11 is 0. The van der Waals surface area contributed by atoms with Crippen LogP contribution in [0.15, 0.2) is 12.1 Å². The van der Waals surface area contributed by atoms with E-state index in [9.17, 15) is 0 Å². The second-order valence-electron chi connectivity index (χ2n) is 3.66. The largest absolute Gasteiger partial charge is 0.478 e. The number of benzene rings is 1. The lowest BCUT2D eigenvalue weighted by Gasteiger charge is -2.14. The minimum Gasteiger partial charge on any atom is -0.478 e. The summed E-state index contributed by atoms with van der Waals surface area (Å²) in [5, 5.41) is 17.9. The van der Waals surface area contributed by atoms with E-state index in [-0.39, 0.29) is 19.9 Å². The minimum atomic E-state index is 0.0724. The number of aliphatic hydroxyl groups excluding tert-OH is 2. The topological polar surface area (TPSA) is 75.7 Å². The highest BCUT2D eigenvalue weighted by Crippen LogP contribution is 2.26. The molecule has 4 N–H and O–H groups in total. The van der Waals surface area contributed by atoms with Crippen LogP contribution in [0.5, 0.6) is 5.75 Å². The van der Waals surface area contributed by atoms with Crippen molar-refractivity contribution in [2.24, 2.45) is 5.73 Å². The number of ether oxygens (including phenoxy) is 1. The molecule has 0 heterocycles. The molecule has 0 spiro atoms. The van der Waals surface area contributed by atoms with Crippen molar-refractivity contribution >= 4 is 0 Å². The van der Waals surface area contributed by atoms with Crippen LogP contribution in [0.4, 0.5) is 0 Å². The van der Waals surface area contributed by atoms with Crippen LogP contribution in [0.3, 0.4) is 0 Å². The van der Waals surface area contributed by atoms with Crippen molar-refractivity contribution in [2.45, 2.75) is 19.8 Å². The van der Waals surface area contributed by atoms with Crippen molar-refractivity contribution in [3.05, 3.63) is 28.8 Å². The van der Waals surface area contributed by atoms with Gasteiger partial charge in [-0.15, -0.1) is 0 Å². The van der Waals surface area contributed by atoms with Gasteiger partial charge in [0.25, 0.3) is 0 Å². The van der Waals surface area contributed by atoms with Gasteiger partial charge in [0.2, 0.25) is 0 Å². The molecule has 0 aliphatic heterocycles. The Kier molecular flexibility index (Phi) is 5.25. The third-order valence-corrected chi connectivity index (χ3v) is 2.42. The van der Waals surface area contributed by atoms with Crippen molar-refractivity contribution in [1.82, 2.24) is 0 Å². The van der Waals surface area contributed by atoms with Gasteiger partial charge < -0.3 is 14.9 Å². The van der Waals surface area contributed by atoms with E-state index in [1.54, 1.807) is 0 Å². The summed E-state index contributed by atoms with van der Waals surface area (Å²) in [6, 6.07) is 3.92. The molecular weight excluding hydrogens is 206 g/mol. The molecule has 16 heavy (non-hydrogen) atoms. The molecule has 0 saturated heterocycles. The molecule has 1 rings (SSSR count). The molecule has 0 aromatic heterocycles. The summed E-state index contributed by atoms with van der Waals surface area (Å²) in [6.07, 6.45) is 1.15. The minimum absolute atomic E-state index is 0.0724. The second-order valence-corrected chi connectivity index (χ2v) is 3.66. The molecule has 90 valence electrons. The SMILES string of the molecule is Cc1cc(CCO)cc(CCO)c1OCN. The van der Waals surface area contributed by atoms with Crippen molar-refractivity contribution in [3.8, 4) is 5.75 Å². The van der Waals surface area contributed by atoms with Crippen LogP contribution in [-0.4, -0.2) is 30.2 Å². The predicted molar refractivity (Wildman–Crippen MR) is 62.4 cm³/mol. The van der Waals surface area contributed by atoms with E-state index in [0.717, 1.165) is 22.4 Å². The van der Waals surface area contributed by atoms with E-state index in [1.807, 2.05) is 19.1 Å². The maximum Gasteiger partial charge on any atom is 0.137 e. The molecule has 0 bridgehead atoms. The van der Waals surface area contributed by atoms with Crippen molar-refractivity contribution < 1.29 is 14.9 Å². The van der Waals surface area contributed by atoms with E-state index in [2.05, 4.69) is 0 Å². The molecule has 4 heteroatoms. The normalized spacial score (nSPS) is 10.5. The standard InChI is InChI=1S/C12H19NO3/c1-9-6-10(2-4-14)7-11(3-5-15)12(9)16-8-13/h6-7,14-15H,2-5,8,13H2,1H3. The number of nitrogens with two attached hydrogens (primary N) is 1. The molecule has 0 aliphatic carbocycles. The van der Waals surface area contributed by atoms with Crippen molar-refractivity contribution in [2.75, 3.05) is 19.9 Å². The summed E-state index contributed by atoms with van der Waals surface area (Å²) < 4.78 is 5.36. The Balaban J connectivity index is 3.05. The Morgan fingerprint density at radius 1 is 1.19 bits per heavy atom. The van der Waals surface area contributed by atoms with Crippen LogP contribution in [0.1, 0.15) is 16.7 Å². The Morgan fingerprint density at radius 3 is 2.44 bits per heavy atom. The van der Waals surface area contributed by atoms with Crippen LogP contribution < -0.4 is 10.5 Å². The maximum atomic E-state index is 8.99.